The van der Waals surface area contributed by atoms with Crippen LogP contribution in [0.5, 0.6) is 0 Å². The summed E-state index contributed by atoms with van der Waals surface area (Å²) >= 11 is 0. The summed E-state index contributed by atoms with van der Waals surface area (Å²) in [5.41, 5.74) is 0. The second kappa shape index (κ2) is 6.33. The number of carbonyl (C=O) groups is 1. The second-order valence-corrected chi connectivity index (χ2v) is 5.20. The van der Waals surface area contributed by atoms with Crippen molar-refractivity contribution in [1.82, 2.24) is 0 Å². The SMILES string of the molecule is C[C@@H]1C[C@@H](O[C@H]2O[C@H](CO)[C@@H](O)[C@H](O)[C@H]2O)CC(=O)O1. The van der Waals surface area contributed by atoms with E-state index in [1.165, 1.54) is 0 Å². The fourth-order valence-corrected chi connectivity index (χ4v) is 2.43. The number of hydrogen-bond acceptors (Lipinski definition) is 8. The van der Waals surface area contributed by atoms with Gasteiger partial charge >= 0.3 is 5.97 Å². The zero-order chi connectivity index (χ0) is 14.9. The summed E-state index contributed by atoms with van der Waals surface area (Å²) in [6.45, 7) is 1.20. The van der Waals surface area contributed by atoms with Crippen LogP contribution in [0.25, 0.3) is 0 Å². The summed E-state index contributed by atoms with van der Waals surface area (Å²) in [4.78, 5) is 11.3. The van der Waals surface area contributed by atoms with Crippen LogP contribution < -0.4 is 0 Å². The summed E-state index contributed by atoms with van der Waals surface area (Å²) in [6, 6.07) is 0. The van der Waals surface area contributed by atoms with E-state index < -0.39 is 49.4 Å². The van der Waals surface area contributed by atoms with Crippen molar-refractivity contribution >= 4 is 5.97 Å². The van der Waals surface area contributed by atoms with Gasteiger partial charge in [0.05, 0.1) is 19.1 Å². The molecule has 0 radical (unpaired) electrons. The fourth-order valence-electron chi connectivity index (χ4n) is 2.43. The van der Waals surface area contributed by atoms with Crippen LogP contribution in [0.4, 0.5) is 0 Å². The van der Waals surface area contributed by atoms with E-state index in [4.69, 9.17) is 19.3 Å². The first-order valence-electron chi connectivity index (χ1n) is 6.57. The molecule has 7 atom stereocenters. The van der Waals surface area contributed by atoms with Crippen LogP contribution >= 0.6 is 0 Å². The first kappa shape index (κ1) is 15.6. The molecule has 2 saturated heterocycles. The molecule has 2 aliphatic heterocycles. The predicted octanol–water partition coefficient (Wildman–Crippen LogP) is -2.10. The molecule has 2 aliphatic rings. The van der Waals surface area contributed by atoms with E-state index in [0.717, 1.165) is 0 Å². The summed E-state index contributed by atoms with van der Waals surface area (Å²) < 4.78 is 15.7. The molecule has 4 N–H and O–H groups in total. The highest BCUT2D eigenvalue weighted by atomic mass is 16.7. The number of hydrogen-bond donors (Lipinski definition) is 4. The Labute approximate surface area is 115 Å². The highest BCUT2D eigenvalue weighted by Crippen LogP contribution is 2.26. The number of carbonyl (C=O) groups excluding carboxylic acids is 1. The molecular weight excluding hydrogens is 272 g/mol. The molecule has 0 unspecified atom stereocenters. The predicted molar refractivity (Wildman–Crippen MR) is 63.4 cm³/mol. The minimum Gasteiger partial charge on any atom is -0.462 e. The molecule has 2 heterocycles. The van der Waals surface area contributed by atoms with E-state index in [-0.39, 0.29) is 12.5 Å². The van der Waals surface area contributed by atoms with Gasteiger partial charge in [0.1, 0.15) is 30.5 Å². The van der Waals surface area contributed by atoms with Gasteiger partial charge in [0.2, 0.25) is 0 Å². The minimum absolute atomic E-state index is 0.0271. The average Bonchev–Trinajstić information content (AvgIpc) is 2.38. The maximum atomic E-state index is 11.3. The molecule has 2 rings (SSSR count). The molecule has 0 spiro atoms. The average molecular weight is 292 g/mol. The zero-order valence-electron chi connectivity index (χ0n) is 11.1. The largest absolute Gasteiger partial charge is 0.462 e. The normalized spacial score (nSPS) is 46.0. The number of cyclic esters (lactones) is 1. The topological polar surface area (TPSA) is 126 Å². The lowest BCUT2D eigenvalue weighted by atomic mass is 9.99. The van der Waals surface area contributed by atoms with Crippen molar-refractivity contribution in [2.75, 3.05) is 6.61 Å². The third kappa shape index (κ3) is 3.27. The number of esters is 1. The fraction of sp³-hybridized carbons (Fsp3) is 0.917. The van der Waals surface area contributed by atoms with E-state index in [1.807, 2.05) is 0 Å². The Morgan fingerprint density at radius 1 is 1.25 bits per heavy atom. The summed E-state index contributed by atoms with van der Waals surface area (Å²) in [7, 11) is 0. The molecule has 20 heavy (non-hydrogen) atoms. The monoisotopic (exact) mass is 292 g/mol. The van der Waals surface area contributed by atoms with Gasteiger partial charge in [-0.05, 0) is 6.92 Å². The standard InChI is InChI=1S/C12H20O8/c1-5-2-6(3-8(14)18-5)19-12-11(17)10(16)9(15)7(4-13)20-12/h5-7,9-13,15-17H,2-4H2,1H3/t5-,6-,7-,9-,10+,11-,12+/m1/s1. The molecule has 8 heteroatoms. The van der Waals surface area contributed by atoms with E-state index in [9.17, 15) is 20.1 Å². The lowest BCUT2D eigenvalue weighted by Gasteiger charge is -2.41. The van der Waals surface area contributed by atoms with Crippen LogP contribution in [-0.2, 0) is 19.0 Å². The third-order valence-electron chi connectivity index (χ3n) is 3.50. The van der Waals surface area contributed by atoms with Gasteiger partial charge in [-0.2, -0.15) is 0 Å². The molecule has 0 amide bonds. The first-order chi connectivity index (χ1) is 9.42. The van der Waals surface area contributed by atoms with Crippen LogP contribution in [0.1, 0.15) is 19.8 Å². The maximum absolute atomic E-state index is 11.3. The van der Waals surface area contributed by atoms with Crippen molar-refractivity contribution in [2.45, 2.75) is 62.7 Å². The summed E-state index contributed by atoms with van der Waals surface area (Å²) in [6.07, 6.45) is -6.94. The van der Waals surface area contributed by atoms with Crippen LogP contribution in [0, 0.1) is 0 Å². The van der Waals surface area contributed by atoms with Gasteiger partial charge in [0, 0.05) is 6.42 Å². The van der Waals surface area contributed by atoms with Gasteiger partial charge in [-0.15, -0.1) is 0 Å². The number of aliphatic hydroxyl groups is 4. The van der Waals surface area contributed by atoms with Gasteiger partial charge in [-0.3, -0.25) is 4.79 Å². The number of ether oxygens (including phenoxy) is 3. The smallest absolute Gasteiger partial charge is 0.308 e. The molecular formula is C12H20O8. The molecule has 0 aromatic rings. The van der Waals surface area contributed by atoms with Gasteiger partial charge in [0.15, 0.2) is 6.29 Å². The molecule has 0 aromatic carbocycles. The van der Waals surface area contributed by atoms with E-state index in [2.05, 4.69) is 0 Å². The van der Waals surface area contributed by atoms with E-state index in [0.29, 0.717) is 6.42 Å². The Morgan fingerprint density at radius 2 is 1.95 bits per heavy atom. The lowest BCUT2D eigenvalue weighted by molar-refractivity contribution is -0.314. The van der Waals surface area contributed by atoms with Crippen LogP contribution in [0.3, 0.4) is 0 Å². The summed E-state index contributed by atoms with van der Waals surface area (Å²) in [5, 5.41) is 38.2. The van der Waals surface area contributed by atoms with Gasteiger partial charge in [-0.25, -0.2) is 0 Å². The molecule has 0 aromatic heterocycles. The lowest BCUT2D eigenvalue weighted by Crippen LogP contribution is -2.60. The highest BCUT2D eigenvalue weighted by Gasteiger charge is 2.45. The molecule has 0 bridgehead atoms. The Kier molecular flexibility index (Phi) is 4.95. The van der Waals surface area contributed by atoms with Crippen molar-refractivity contribution in [3.05, 3.63) is 0 Å². The first-order valence-corrected chi connectivity index (χ1v) is 6.57. The van der Waals surface area contributed by atoms with Gasteiger partial charge in [0.25, 0.3) is 0 Å². The van der Waals surface area contributed by atoms with Crippen molar-refractivity contribution in [3.8, 4) is 0 Å². The Balaban J connectivity index is 1.98. The van der Waals surface area contributed by atoms with Gasteiger partial charge in [-0.1, -0.05) is 0 Å². The minimum atomic E-state index is -1.49. The number of aliphatic hydroxyl groups excluding tert-OH is 4. The van der Waals surface area contributed by atoms with Crippen LogP contribution in [0.2, 0.25) is 0 Å². The van der Waals surface area contributed by atoms with Crippen molar-refractivity contribution in [3.63, 3.8) is 0 Å². The number of rotatable bonds is 3. The van der Waals surface area contributed by atoms with E-state index in [1.54, 1.807) is 6.92 Å². The second-order valence-electron chi connectivity index (χ2n) is 5.20. The van der Waals surface area contributed by atoms with E-state index >= 15 is 0 Å². The Bertz CT molecular complexity index is 346. The van der Waals surface area contributed by atoms with Crippen molar-refractivity contribution in [1.29, 1.82) is 0 Å². The third-order valence-corrected chi connectivity index (χ3v) is 3.50. The molecule has 116 valence electrons. The van der Waals surface area contributed by atoms with Crippen molar-refractivity contribution < 1.29 is 39.4 Å². The highest BCUT2D eigenvalue weighted by molar-refractivity contribution is 5.70. The Hall–Kier alpha value is -0.770. The van der Waals surface area contributed by atoms with Crippen LogP contribution in [-0.4, -0.2) is 75.9 Å². The molecule has 0 saturated carbocycles. The Morgan fingerprint density at radius 3 is 2.55 bits per heavy atom. The quantitative estimate of drug-likeness (QED) is 0.436. The van der Waals surface area contributed by atoms with Gasteiger partial charge < -0.3 is 34.6 Å². The van der Waals surface area contributed by atoms with Crippen LogP contribution in [0.15, 0.2) is 0 Å². The van der Waals surface area contributed by atoms with Crippen molar-refractivity contribution in [2.24, 2.45) is 0 Å². The molecule has 2 fully saturated rings. The zero-order valence-corrected chi connectivity index (χ0v) is 11.1. The molecule has 8 nitrogen and oxygen atoms in total. The summed E-state index contributed by atoms with van der Waals surface area (Å²) in [5.74, 6) is -0.404. The maximum Gasteiger partial charge on any atom is 0.308 e. The molecule has 0 aliphatic carbocycles.